The van der Waals surface area contributed by atoms with Crippen molar-refractivity contribution >= 4 is 29.1 Å². The number of hydrogen-bond donors (Lipinski definition) is 1. The summed E-state index contributed by atoms with van der Waals surface area (Å²) in [5.41, 5.74) is 2.75. The number of hydrogen-bond acceptors (Lipinski definition) is 4. The van der Waals surface area contributed by atoms with E-state index in [0.29, 0.717) is 28.3 Å². The molecule has 1 aromatic heterocycles. The summed E-state index contributed by atoms with van der Waals surface area (Å²) in [5.74, 6) is 0. The third-order valence-corrected chi connectivity index (χ3v) is 6.71. The summed E-state index contributed by atoms with van der Waals surface area (Å²) < 4.78 is 43.7. The Hall–Kier alpha value is -2.84. The van der Waals surface area contributed by atoms with Crippen molar-refractivity contribution in [1.29, 1.82) is 0 Å². The van der Waals surface area contributed by atoms with E-state index in [-0.39, 0.29) is 18.7 Å². The molecule has 2 aliphatic rings. The van der Waals surface area contributed by atoms with Gasteiger partial charge in [0.1, 0.15) is 5.69 Å². The van der Waals surface area contributed by atoms with Gasteiger partial charge >= 0.3 is 6.18 Å². The highest BCUT2D eigenvalue weighted by atomic mass is 35.5. The second-order valence-electron chi connectivity index (χ2n) is 8.53. The highest BCUT2D eigenvalue weighted by molar-refractivity contribution is 6.34. The molecule has 1 aromatic carbocycles. The van der Waals surface area contributed by atoms with Gasteiger partial charge in [0.2, 0.25) is 0 Å². The first-order chi connectivity index (χ1) is 16.8. The van der Waals surface area contributed by atoms with Gasteiger partial charge in [-0.3, -0.25) is 9.67 Å². The second kappa shape index (κ2) is 10.4. The van der Waals surface area contributed by atoms with E-state index in [2.05, 4.69) is 26.9 Å². The summed E-state index contributed by atoms with van der Waals surface area (Å²) in [7, 11) is 0. The maximum Gasteiger partial charge on any atom is 0.433 e. The SMILES string of the molecule is C=C/C=C(\N=CC)C1=C(c2cnn(CCC)c2C(F)(F)F)CNC1c1cccc(N2CCC2)c1Cl. The number of nitrogens with one attached hydrogen (secondary N) is 1. The molecule has 2 aliphatic heterocycles. The molecule has 4 rings (SSSR count). The van der Waals surface area contributed by atoms with Crippen LogP contribution in [0.1, 0.15) is 49.6 Å². The zero-order valence-corrected chi connectivity index (χ0v) is 20.6. The van der Waals surface area contributed by atoms with E-state index >= 15 is 0 Å². The molecule has 1 N–H and O–H groups in total. The first kappa shape index (κ1) is 25.3. The fourth-order valence-corrected chi connectivity index (χ4v) is 5.04. The summed E-state index contributed by atoms with van der Waals surface area (Å²) in [6, 6.07) is 5.39. The molecular weight excluding hydrogens is 475 g/mol. The van der Waals surface area contributed by atoms with Crippen LogP contribution in [0, 0.1) is 0 Å². The van der Waals surface area contributed by atoms with Crippen LogP contribution in [0.25, 0.3) is 5.57 Å². The highest BCUT2D eigenvalue weighted by Crippen LogP contribution is 2.46. The van der Waals surface area contributed by atoms with Crippen LogP contribution in [-0.4, -0.2) is 35.6 Å². The van der Waals surface area contributed by atoms with Crippen molar-refractivity contribution in [2.24, 2.45) is 4.99 Å². The van der Waals surface area contributed by atoms with E-state index in [1.807, 2.05) is 25.1 Å². The average molecular weight is 504 g/mol. The summed E-state index contributed by atoms with van der Waals surface area (Å²) in [6.07, 6.45) is 3.34. The highest BCUT2D eigenvalue weighted by Gasteiger charge is 2.41. The third-order valence-electron chi connectivity index (χ3n) is 6.30. The number of aryl methyl sites for hydroxylation is 1. The van der Waals surface area contributed by atoms with Gasteiger partial charge in [-0.25, -0.2) is 0 Å². The molecule has 0 amide bonds. The van der Waals surface area contributed by atoms with E-state index in [4.69, 9.17) is 11.6 Å². The Balaban J connectivity index is 1.93. The molecule has 5 nitrogen and oxygen atoms in total. The van der Waals surface area contributed by atoms with Crippen molar-refractivity contribution in [3.63, 3.8) is 0 Å². The van der Waals surface area contributed by atoms with E-state index in [1.165, 1.54) is 6.20 Å². The van der Waals surface area contributed by atoms with Crippen LogP contribution in [0.3, 0.4) is 0 Å². The van der Waals surface area contributed by atoms with Crippen LogP contribution in [0.4, 0.5) is 18.9 Å². The van der Waals surface area contributed by atoms with E-state index in [9.17, 15) is 13.2 Å². The zero-order valence-electron chi connectivity index (χ0n) is 19.9. The van der Waals surface area contributed by atoms with Crippen LogP contribution < -0.4 is 10.2 Å². The number of alkyl halides is 3. The second-order valence-corrected chi connectivity index (χ2v) is 8.91. The lowest BCUT2D eigenvalue weighted by Crippen LogP contribution is -2.37. The van der Waals surface area contributed by atoms with Crippen LogP contribution in [0.5, 0.6) is 0 Å². The largest absolute Gasteiger partial charge is 0.433 e. The smallest absolute Gasteiger partial charge is 0.370 e. The molecule has 1 fully saturated rings. The summed E-state index contributed by atoms with van der Waals surface area (Å²) in [5, 5.41) is 8.10. The van der Waals surface area contributed by atoms with Crippen molar-refractivity contribution in [2.75, 3.05) is 24.5 Å². The van der Waals surface area contributed by atoms with Crippen LogP contribution >= 0.6 is 11.6 Å². The number of aromatic nitrogens is 2. The fourth-order valence-electron chi connectivity index (χ4n) is 4.68. The van der Waals surface area contributed by atoms with Crippen molar-refractivity contribution in [2.45, 2.75) is 45.5 Å². The minimum absolute atomic E-state index is 0.0623. The Bertz CT molecular complexity index is 1190. The molecule has 2 aromatic rings. The molecule has 3 heterocycles. The molecule has 1 atom stereocenters. The Morgan fingerprint density at radius 3 is 2.71 bits per heavy atom. The minimum atomic E-state index is -4.55. The standard InChI is InChI=1S/C26H29ClF3N5/c1-4-9-20(31-6-3)22-18(19-16-33-35(12-5-2)25(19)26(28,29)30)15-32-24(22)17-10-7-11-21(23(17)27)34-13-8-14-34/h4,6-7,9-11,16,24,32H,1,5,8,12-15H2,2-3H3/b20-9-,31-6?. The van der Waals surface area contributed by atoms with Gasteiger partial charge < -0.3 is 10.2 Å². The maximum atomic E-state index is 14.2. The number of rotatable bonds is 8. The summed E-state index contributed by atoms with van der Waals surface area (Å²) in [4.78, 5) is 6.70. The number of allylic oxidation sites excluding steroid dienone is 2. The number of aliphatic imine (C=N–C) groups is 1. The molecule has 35 heavy (non-hydrogen) atoms. The topological polar surface area (TPSA) is 45.5 Å². The summed E-state index contributed by atoms with van der Waals surface area (Å²) >= 11 is 6.88. The first-order valence-electron chi connectivity index (χ1n) is 11.8. The number of halogens is 4. The molecule has 0 spiro atoms. The maximum absolute atomic E-state index is 14.2. The molecule has 9 heteroatoms. The van der Waals surface area contributed by atoms with Gasteiger partial charge in [0.15, 0.2) is 0 Å². The van der Waals surface area contributed by atoms with Crippen molar-refractivity contribution in [1.82, 2.24) is 15.1 Å². The van der Waals surface area contributed by atoms with Gasteiger partial charge in [-0.1, -0.05) is 43.3 Å². The average Bonchev–Trinajstić information content (AvgIpc) is 3.38. The molecule has 0 saturated carbocycles. The normalized spacial score (nSPS) is 19.1. The quantitative estimate of drug-likeness (QED) is 0.333. The van der Waals surface area contributed by atoms with Gasteiger partial charge in [-0.15, -0.1) is 0 Å². The molecule has 0 aliphatic carbocycles. The lowest BCUT2D eigenvalue weighted by Gasteiger charge is -2.34. The lowest BCUT2D eigenvalue weighted by atomic mass is 9.92. The van der Waals surface area contributed by atoms with Crippen LogP contribution in [0.2, 0.25) is 5.02 Å². The van der Waals surface area contributed by atoms with Gasteiger partial charge in [0.05, 0.1) is 28.6 Å². The number of anilines is 1. The Labute approximate surface area is 208 Å². The van der Waals surface area contributed by atoms with E-state index in [0.717, 1.165) is 35.4 Å². The zero-order chi connectivity index (χ0) is 25.2. The Morgan fingerprint density at radius 2 is 2.11 bits per heavy atom. The van der Waals surface area contributed by atoms with Gasteiger partial charge in [0, 0.05) is 43.5 Å². The van der Waals surface area contributed by atoms with E-state index < -0.39 is 17.9 Å². The van der Waals surface area contributed by atoms with Crippen molar-refractivity contribution in [3.05, 3.63) is 76.2 Å². The third kappa shape index (κ3) is 4.82. The molecule has 0 bridgehead atoms. The predicted octanol–water partition coefficient (Wildman–Crippen LogP) is 6.43. The minimum Gasteiger partial charge on any atom is -0.370 e. The molecular formula is C26H29ClF3N5. The van der Waals surface area contributed by atoms with E-state index in [1.54, 1.807) is 25.3 Å². The van der Waals surface area contributed by atoms with Crippen LogP contribution in [-0.2, 0) is 12.7 Å². The van der Waals surface area contributed by atoms with Gasteiger partial charge in [0.25, 0.3) is 0 Å². The number of benzene rings is 1. The van der Waals surface area contributed by atoms with Crippen LogP contribution in [0.15, 0.2) is 59.4 Å². The lowest BCUT2D eigenvalue weighted by molar-refractivity contribution is -0.144. The summed E-state index contributed by atoms with van der Waals surface area (Å²) in [6.45, 7) is 9.65. The van der Waals surface area contributed by atoms with Gasteiger partial charge in [-0.2, -0.15) is 18.3 Å². The monoisotopic (exact) mass is 503 g/mol. The molecule has 1 unspecified atom stereocenters. The molecule has 1 saturated heterocycles. The number of nitrogens with zero attached hydrogens (tertiary/aromatic N) is 4. The Kier molecular flexibility index (Phi) is 7.52. The molecule has 0 radical (unpaired) electrons. The van der Waals surface area contributed by atoms with Gasteiger partial charge in [-0.05, 0) is 43.0 Å². The predicted molar refractivity (Wildman–Crippen MR) is 136 cm³/mol. The Morgan fingerprint density at radius 1 is 1.34 bits per heavy atom. The fraction of sp³-hybridized carbons (Fsp3) is 0.385. The first-order valence-corrected chi connectivity index (χ1v) is 12.1. The van der Waals surface area contributed by atoms with Crippen molar-refractivity contribution < 1.29 is 13.2 Å². The van der Waals surface area contributed by atoms with Crippen molar-refractivity contribution in [3.8, 4) is 0 Å². The molecule has 186 valence electrons.